The minimum Gasteiger partial charge on any atom is -0.0533 e. The molecule has 0 heterocycles. The standard InChI is InChI=1S/C48H94Si/c1-4-10-16-22-28-34-40-46(41-35-29-23-17-11-5-1)49(47-42-36-30-24-18-12-6-2-7-13-19-25-31-37-43-47)48-44-38-32-26-20-14-8-3-9-15-21-27-33-39-45-48/h46-49H,1-45H2. The first-order valence-electron chi connectivity index (χ1n) is 24.4. The summed E-state index contributed by atoms with van der Waals surface area (Å²) in [5, 5.41) is 0. The number of hydrogen-bond donors (Lipinski definition) is 0. The Kier molecular flexibility index (Phi) is 29.2. The summed E-state index contributed by atoms with van der Waals surface area (Å²) < 4.78 is 0. The van der Waals surface area contributed by atoms with Gasteiger partial charge in [-0.15, -0.1) is 0 Å². The van der Waals surface area contributed by atoms with E-state index in [4.69, 9.17) is 0 Å². The highest BCUT2D eigenvalue weighted by Gasteiger charge is 2.36. The van der Waals surface area contributed by atoms with Crippen molar-refractivity contribution in [2.75, 3.05) is 0 Å². The third-order valence-corrected chi connectivity index (χ3v) is 19.3. The Morgan fingerprint density at radius 2 is 0.245 bits per heavy atom. The van der Waals surface area contributed by atoms with Gasteiger partial charge in [0, 0.05) is 8.80 Å². The van der Waals surface area contributed by atoms with E-state index in [0.29, 0.717) is 0 Å². The van der Waals surface area contributed by atoms with Crippen molar-refractivity contribution < 1.29 is 0 Å². The van der Waals surface area contributed by atoms with Crippen molar-refractivity contribution in [1.29, 1.82) is 0 Å². The Labute approximate surface area is 313 Å². The van der Waals surface area contributed by atoms with Crippen LogP contribution in [-0.4, -0.2) is 8.80 Å². The second-order valence-corrected chi connectivity index (χ2v) is 22.4. The van der Waals surface area contributed by atoms with Gasteiger partial charge >= 0.3 is 0 Å². The molecule has 0 aliphatic heterocycles. The Bertz CT molecular complexity index is 534. The van der Waals surface area contributed by atoms with E-state index < -0.39 is 8.80 Å². The lowest BCUT2D eigenvalue weighted by molar-refractivity contribution is 0.463. The molecular formula is C48H94Si. The predicted octanol–water partition coefficient (Wildman–Crippen LogP) is 17.9. The van der Waals surface area contributed by atoms with E-state index in [2.05, 4.69) is 0 Å². The summed E-state index contributed by atoms with van der Waals surface area (Å²) in [7, 11) is -0.916. The zero-order chi connectivity index (χ0) is 34.1. The van der Waals surface area contributed by atoms with Gasteiger partial charge in [-0.1, -0.05) is 289 Å². The summed E-state index contributed by atoms with van der Waals surface area (Å²) in [5.41, 5.74) is 3.50. The maximum absolute atomic E-state index is 1.64. The molecule has 0 aromatic carbocycles. The minimum atomic E-state index is -0.916. The van der Waals surface area contributed by atoms with Gasteiger partial charge in [-0.2, -0.15) is 0 Å². The van der Waals surface area contributed by atoms with E-state index >= 15 is 0 Å². The second kappa shape index (κ2) is 32.8. The molecule has 0 saturated heterocycles. The lowest BCUT2D eigenvalue weighted by Crippen LogP contribution is -2.33. The highest BCUT2D eigenvalue weighted by atomic mass is 28.3. The van der Waals surface area contributed by atoms with Gasteiger partial charge in [-0.3, -0.25) is 0 Å². The van der Waals surface area contributed by atoms with Crippen LogP contribution in [-0.2, 0) is 0 Å². The minimum absolute atomic E-state index is 0.916. The van der Waals surface area contributed by atoms with Gasteiger partial charge in [-0.25, -0.2) is 0 Å². The molecule has 0 spiro atoms. The molecule has 0 atom stereocenters. The van der Waals surface area contributed by atoms with Crippen molar-refractivity contribution in [1.82, 2.24) is 0 Å². The van der Waals surface area contributed by atoms with Crippen molar-refractivity contribution in [3.8, 4) is 0 Å². The molecule has 0 bridgehead atoms. The molecular weight excluding hydrogens is 605 g/mol. The molecule has 0 aromatic heterocycles. The van der Waals surface area contributed by atoms with Crippen molar-refractivity contribution >= 4 is 8.80 Å². The molecule has 0 aromatic rings. The molecule has 1 heteroatoms. The van der Waals surface area contributed by atoms with E-state index in [1.54, 1.807) is 116 Å². The van der Waals surface area contributed by atoms with Crippen LogP contribution >= 0.6 is 0 Å². The summed E-state index contributed by atoms with van der Waals surface area (Å²) in [6.45, 7) is 0. The van der Waals surface area contributed by atoms with Crippen LogP contribution in [0.4, 0.5) is 0 Å². The van der Waals surface area contributed by atoms with Crippen LogP contribution in [0.25, 0.3) is 0 Å². The van der Waals surface area contributed by atoms with Crippen LogP contribution < -0.4 is 0 Å². The quantitative estimate of drug-likeness (QED) is 0.257. The SMILES string of the molecule is C1CCCCCCCC([SiH](C2CCCCCCCCCCCCCCC2)C2CCCCCCCCCCCCCCC2)CCCCCCC1. The van der Waals surface area contributed by atoms with E-state index in [1.807, 2.05) is 0 Å². The lowest BCUT2D eigenvalue weighted by atomic mass is 10.00. The molecule has 3 rings (SSSR count). The summed E-state index contributed by atoms with van der Waals surface area (Å²) in [4.78, 5) is 0. The third-order valence-electron chi connectivity index (χ3n) is 14.1. The predicted molar refractivity (Wildman–Crippen MR) is 226 cm³/mol. The third kappa shape index (κ3) is 23.5. The van der Waals surface area contributed by atoms with E-state index in [1.165, 1.54) is 190 Å². The van der Waals surface area contributed by atoms with Gasteiger partial charge in [0.05, 0.1) is 0 Å². The number of rotatable bonds is 3. The van der Waals surface area contributed by atoms with Gasteiger partial charge < -0.3 is 0 Å². The zero-order valence-corrected chi connectivity index (χ0v) is 35.3. The fourth-order valence-corrected chi connectivity index (χ4v) is 17.0. The molecule has 290 valence electrons. The fourth-order valence-electron chi connectivity index (χ4n) is 11.0. The van der Waals surface area contributed by atoms with E-state index in [9.17, 15) is 0 Å². The van der Waals surface area contributed by atoms with Crippen LogP contribution in [0.15, 0.2) is 0 Å². The molecule has 0 unspecified atom stereocenters. The van der Waals surface area contributed by atoms with Crippen LogP contribution in [0.2, 0.25) is 16.6 Å². The maximum atomic E-state index is 1.64. The van der Waals surface area contributed by atoms with E-state index in [-0.39, 0.29) is 0 Å². The van der Waals surface area contributed by atoms with Crippen molar-refractivity contribution in [3.63, 3.8) is 0 Å². The van der Waals surface area contributed by atoms with Gasteiger partial charge in [0.1, 0.15) is 0 Å². The van der Waals surface area contributed by atoms with Crippen LogP contribution in [0, 0.1) is 0 Å². The fraction of sp³-hybridized carbons (Fsp3) is 1.00. The first-order chi connectivity index (χ1) is 24.4. The summed E-state index contributed by atoms with van der Waals surface area (Å²) in [6.07, 6.45) is 69.7. The molecule has 3 aliphatic rings. The molecule has 3 aliphatic carbocycles. The maximum Gasteiger partial charge on any atom is 0.0461 e. The van der Waals surface area contributed by atoms with Gasteiger partial charge in [0.15, 0.2) is 0 Å². The Balaban J connectivity index is 1.79. The second-order valence-electron chi connectivity index (χ2n) is 18.4. The van der Waals surface area contributed by atoms with Gasteiger partial charge in [0.25, 0.3) is 0 Å². The zero-order valence-electron chi connectivity index (χ0n) is 34.1. The molecule has 0 amide bonds. The lowest BCUT2D eigenvalue weighted by Gasteiger charge is -2.40. The summed E-state index contributed by atoms with van der Waals surface area (Å²) in [6, 6.07) is 0. The molecule has 3 fully saturated rings. The molecule has 0 N–H and O–H groups in total. The largest absolute Gasteiger partial charge is 0.0533 e. The highest BCUT2D eigenvalue weighted by molar-refractivity contribution is 6.63. The Hall–Kier alpha value is 0.217. The highest BCUT2D eigenvalue weighted by Crippen LogP contribution is 2.46. The average Bonchev–Trinajstić information content (AvgIpc) is 3.10. The Morgan fingerprint density at radius 3 is 0.367 bits per heavy atom. The van der Waals surface area contributed by atoms with Crippen molar-refractivity contribution in [2.24, 2.45) is 0 Å². The first kappa shape index (κ1) is 43.6. The van der Waals surface area contributed by atoms with E-state index in [0.717, 1.165) is 0 Å². The smallest absolute Gasteiger partial charge is 0.0461 e. The molecule has 49 heavy (non-hydrogen) atoms. The Morgan fingerprint density at radius 1 is 0.143 bits per heavy atom. The van der Waals surface area contributed by atoms with Crippen molar-refractivity contribution in [2.45, 2.75) is 306 Å². The van der Waals surface area contributed by atoms with Crippen LogP contribution in [0.5, 0.6) is 0 Å². The van der Waals surface area contributed by atoms with Crippen LogP contribution in [0.1, 0.15) is 289 Å². The van der Waals surface area contributed by atoms with Crippen LogP contribution in [0.3, 0.4) is 0 Å². The monoisotopic (exact) mass is 699 g/mol. The van der Waals surface area contributed by atoms with Gasteiger partial charge in [-0.05, 0) is 16.6 Å². The molecule has 0 radical (unpaired) electrons. The normalized spacial score (nSPS) is 25.9. The molecule has 0 nitrogen and oxygen atoms in total. The summed E-state index contributed by atoms with van der Waals surface area (Å²) >= 11 is 0. The number of hydrogen-bond acceptors (Lipinski definition) is 0. The topological polar surface area (TPSA) is 0 Å². The average molecular weight is 699 g/mol. The first-order valence-corrected chi connectivity index (χ1v) is 26.4. The van der Waals surface area contributed by atoms with Gasteiger partial charge in [0.2, 0.25) is 0 Å². The summed E-state index contributed by atoms with van der Waals surface area (Å²) in [5.74, 6) is 0. The molecule has 3 saturated carbocycles. The van der Waals surface area contributed by atoms with Crippen molar-refractivity contribution in [3.05, 3.63) is 0 Å².